The number of nitrogens with zero attached hydrogens (tertiary/aromatic N) is 3. The van der Waals surface area contributed by atoms with Crippen LogP contribution in [0.15, 0.2) is 36.4 Å². The van der Waals surface area contributed by atoms with E-state index >= 15 is 0 Å². The first kappa shape index (κ1) is 26.4. The van der Waals surface area contributed by atoms with Gasteiger partial charge in [-0.25, -0.2) is 18.4 Å². The summed E-state index contributed by atoms with van der Waals surface area (Å²) in [5, 5.41) is 17.8. The Morgan fingerprint density at radius 1 is 1.24 bits per heavy atom. The van der Waals surface area contributed by atoms with Crippen LogP contribution in [0.25, 0.3) is 0 Å². The predicted molar refractivity (Wildman–Crippen MR) is 141 cm³/mol. The van der Waals surface area contributed by atoms with Gasteiger partial charge < -0.3 is 15.2 Å². The Hall–Kier alpha value is -3.20. The third kappa shape index (κ3) is 5.77. The number of benzene rings is 1. The van der Waals surface area contributed by atoms with Gasteiger partial charge in [0.15, 0.2) is 0 Å². The van der Waals surface area contributed by atoms with Crippen LogP contribution in [0.2, 0.25) is 5.02 Å². The van der Waals surface area contributed by atoms with Crippen molar-refractivity contribution in [3.63, 3.8) is 0 Å². The molecule has 3 aromatic rings. The number of carboxylic acids is 1. The summed E-state index contributed by atoms with van der Waals surface area (Å²) in [4.78, 5) is 16.4. The number of halogens is 3. The zero-order valence-corrected chi connectivity index (χ0v) is 22.0. The number of rotatable bonds is 11. The number of pyridine rings is 1. The normalized spacial score (nSPS) is 16.6. The highest BCUT2D eigenvalue weighted by atomic mass is 35.5. The van der Waals surface area contributed by atoms with Crippen molar-refractivity contribution in [1.29, 1.82) is 0 Å². The van der Waals surface area contributed by atoms with Gasteiger partial charge in [-0.2, -0.15) is 5.10 Å². The minimum Gasteiger partial charge on any atom is -0.481 e. The molecule has 5 rings (SSSR count). The predicted octanol–water partition coefficient (Wildman–Crippen LogP) is 5.55. The summed E-state index contributed by atoms with van der Waals surface area (Å²) in [6.07, 6.45) is 1.22. The molecule has 1 aliphatic heterocycles. The Labute approximate surface area is 225 Å². The van der Waals surface area contributed by atoms with Crippen LogP contribution in [0, 0.1) is 0 Å². The molecule has 38 heavy (non-hydrogen) atoms. The average molecular weight is 545 g/mol. The second kappa shape index (κ2) is 10.9. The van der Waals surface area contributed by atoms with Crippen LogP contribution in [0.3, 0.4) is 0 Å². The zero-order chi connectivity index (χ0) is 26.9. The lowest BCUT2D eigenvalue weighted by molar-refractivity contribution is -0.137. The summed E-state index contributed by atoms with van der Waals surface area (Å²) in [6.45, 7) is 1.35. The number of aryl methyl sites for hydroxylation is 2. The van der Waals surface area contributed by atoms with E-state index in [4.69, 9.17) is 21.3 Å². The Morgan fingerprint density at radius 3 is 2.79 bits per heavy atom. The summed E-state index contributed by atoms with van der Waals surface area (Å²) in [5.74, 6) is 0.0530. The van der Waals surface area contributed by atoms with Gasteiger partial charge in [0.25, 0.3) is 0 Å². The van der Waals surface area contributed by atoms with Crippen LogP contribution in [0.4, 0.5) is 14.6 Å². The number of hydrogen-bond donors (Lipinski definition) is 2. The van der Waals surface area contributed by atoms with Crippen LogP contribution in [-0.2, 0) is 36.5 Å². The molecule has 0 saturated heterocycles. The molecule has 0 bridgehead atoms. The minimum atomic E-state index is -2.49. The smallest absolute Gasteiger partial charge is 0.303 e. The molecule has 1 atom stereocenters. The SMILES string of the molecule is Cn1nc(CC(CC(=O)O)c2cc(Cl)cc(C3(C(F)F)CC3)c2)cc1OCCc1ccc2c(n1)NCCC2. The number of fused-ring (bicyclic) bond motifs is 1. The highest BCUT2D eigenvalue weighted by molar-refractivity contribution is 6.30. The summed E-state index contributed by atoms with van der Waals surface area (Å²) in [6, 6.07) is 10.9. The fourth-order valence-electron chi connectivity index (χ4n) is 5.18. The van der Waals surface area contributed by atoms with Gasteiger partial charge in [-0.1, -0.05) is 23.7 Å². The van der Waals surface area contributed by atoms with Crippen LogP contribution >= 0.6 is 11.6 Å². The molecule has 1 saturated carbocycles. The lowest BCUT2D eigenvalue weighted by Gasteiger charge is -2.20. The number of aliphatic carboxylic acids is 1. The van der Waals surface area contributed by atoms with Crippen molar-refractivity contribution in [2.45, 2.75) is 62.7 Å². The molecule has 1 unspecified atom stereocenters. The lowest BCUT2D eigenvalue weighted by Crippen LogP contribution is -2.18. The van der Waals surface area contributed by atoms with Crippen molar-refractivity contribution < 1.29 is 23.4 Å². The van der Waals surface area contributed by atoms with E-state index < -0.39 is 23.7 Å². The fourth-order valence-corrected chi connectivity index (χ4v) is 5.43. The standard InChI is InChI=1S/C28H31ClF2N4O3/c1-35-24(38-10-6-22-5-4-17-3-2-9-32-26(17)33-22)16-23(34-35)13-19(14-25(36)37)18-11-20(15-21(29)12-18)28(7-8-28)27(30)31/h4-5,11-12,15-16,19,27H,2-3,6-10,13-14H2,1H3,(H,32,33)(H,36,37). The number of nitrogens with one attached hydrogen (secondary N) is 1. The van der Waals surface area contributed by atoms with Crippen molar-refractivity contribution in [1.82, 2.24) is 14.8 Å². The number of anilines is 1. The van der Waals surface area contributed by atoms with Gasteiger partial charge in [0.05, 0.1) is 24.1 Å². The second-order valence-electron chi connectivity index (χ2n) is 10.3. The first-order chi connectivity index (χ1) is 18.2. The Bertz CT molecular complexity index is 1330. The van der Waals surface area contributed by atoms with Crippen LogP contribution < -0.4 is 10.1 Å². The van der Waals surface area contributed by atoms with Crippen molar-refractivity contribution in [2.75, 3.05) is 18.5 Å². The zero-order valence-electron chi connectivity index (χ0n) is 21.2. The van der Waals surface area contributed by atoms with Gasteiger partial charge in [0.1, 0.15) is 5.82 Å². The van der Waals surface area contributed by atoms with E-state index in [1.807, 2.05) is 6.07 Å². The van der Waals surface area contributed by atoms with E-state index in [9.17, 15) is 18.7 Å². The molecule has 3 heterocycles. The Balaban J connectivity index is 1.28. The highest BCUT2D eigenvalue weighted by Crippen LogP contribution is 2.53. The van der Waals surface area contributed by atoms with Crippen LogP contribution in [0.1, 0.15) is 59.7 Å². The number of alkyl halides is 2. The quantitative estimate of drug-likeness (QED) is 0.329. The van der Waals surface area contributed by atoms with Gasteiger partial charge in [-0.3, -0.25) is 4.79 Å². The third-order valence-corrected chi connectivity index (χ3v) is 7.72. The van der Waals surface area contributed by atoms with E-state index in [1.165, 1.54) is 5.56 Å². The number of carbonyl (C=O) groups is 1. The molecule has 0 amide bonds. The molecule has 202 valence electrons. The van der Waals surface area contributed by atoms with Crippen molar-refractivity contribution >= 4 is 23.4 Å². The minimum absolute atomic E-state index is 0.174. The van der Waals surface area contributed by atoms with E-state index in [0.29, 0.717) is 60.0 Å². The maximum atomic E-state index is 13.7. The molecular formula is C28H31ClF2N4O3. The monoisotopic (exact) mass is 544 g/mol. The molecule has 2 aliphatic rings. The second-order valence-corrected chi connectivity index (χ2v) is 10.7. The molecule has 2 N–H and O–H groups in total. The van der Waals surface area contributed by atoms with Crippen molar-refractivity contribution in [3.05, 3.63) is 69.5 Å². The molecule has 10 heteroatoms. The summed E-state index contributed by atoms with van der Waals surface area (Å²) >= 11 is 6.31. The van der Waals surface area contributed by atoms with E-state index in [1.54, 1.807) is 36.0 Å². The van der Waals surface area contributed by atoms with Crippen molar-refractivity contribution in [3.8, 4) is 5.88 Å². The fraction of sp³-hybridized carbons (Fsp3) is 0.464. The van der Waals surface area contributed by atoms with Gasteiger partial charge in [-0.15, -0.1) is 0 Å². The lowest BCUT2D eigenvalue weighted by atomic mass is 9.87. The van der Waals surface area contributed by atoms with Gasteiger partial charge in [0, 0.05) is 36.8 Å². The van der Waals surface area contributed by atoms with Gasteiger partial charge in [0.2, 0.25) is 12.3 Å². The maximum Gasteiger partial charge on any atom is 0.303 e. The molecule has 7 nitrogen and oxygen atoms in total. The van der Waals surface area contributed by atoms with E-state index in [-0.39, 0.29) is 6.42 Å². The Kier molecular flexibility index (Phi) is 7.56. The summed E-state index contributed by atoms with van der Waals surface area (Å²) in [7, 11) is 1.77. The molecule has 2 aromatic heterocycles. The first-order valence-electron chi connectivity index (χ1n) is 12.9. The molecule has 1 aromatic carbocycles. The van der Waals surface area contributed by atoms with Crippen LogP contribution in [0.5, 0.6) is 5.88 Å². The average Bonchev–Trinajstić information content (AvgIpc) is 3.63. The maximum absolute atomic E-state index is 13.7. The third-order valence-electron chi connectivity index (χ3n) is 7.50. The number of ether oxygens (including phenoxy) is 1. The topological polar surface area (TPSA) is 89.3 Å². The van der Waals surface area contributed by atoms with Gasteiger partial charge in [-0.05, 0) is 72.9 Å². The molecular weight excluding hydrogens is 514 g/mol. The summed E-state index contributed by atoms with van der Waals surface area (Å²) < 4.78 is 35.1. The first-order valence-corrected chi connectivity index (χ1v) is 13.3. The molecule has 1 aliphatic carbocycles. The molecule has 0 spiro atoms. The number of aromatic nitrogens is 3. The van der Waals surface area contributed by atoms with E-state index in [0.717, 1.165) is 30.9 Å². The number of carboxylic acid groups (broad SMARTS) is 1. The largest absolute Gasteiger partial charge is 0.481 e. The van der Waals surface area contributed by atoms with Crippen LogP contribution in [-0.4, -0.2) is 45.4 Å². The van der Waals surface area contributed by atoms with Gasteiger partial charge >= 0.3 is 5.97 Å². The molecule has 0 radical (unpaired) electrons. The number of hydrogen-bond acceptors (Lipinski definition) is 5. The van der Waals surface area contributed by atoms with Crippen molar-refractivity contribution in [2.24, 2.45) is 7.05 Å². The highest BCUT2D eigenvalue weighted by Gasteiger charge is 2.52. The van der Waals surface area contributed by atoms with E-state index in [2.05, 4.69) is 16.5 Å². The Morgan fingerprint density at radius 2 is 2.05 bits per heavy atom. The molecule has 1 fully saturated rings. The summed E-state index contributed by atoms with van der Waals surface area (Å²) in [5.41, 5.74) is 2.75.